The van der Waals surface area contributed by atoms with E-state index in [1.165, 1.54) is 24.2 Å². The van der Waals surface area contributed by atoms with Crippen molar-refractivity contribution in [2.45, 2.75) is 45.4 Å². The number of benzene rings is 2. The van der Waals surface area contributed by atoms with E-state index < -0.39 is 11.9 Å². The average Bonchev–Trinajstić information content (AvgIpc) is 3.21. The summed E-state index contributed by atoms with van der Waals surface area (Å²) in [7, 11) is 0. The normalized spacial score (nSPS) is 12.1. The zero-order chi connectivity index (χ0) is 20.8. The van der Waals surface area contributed by atoms with Crippen molar-refractivity contribution in [2.75, 3.05) is 6.61 Å². The topological polar surface area (TPSA) is 63.6 Å². The van der Waals surface area contributed by atoms with E-state index in [9.17, 15) is 14.7 Å². The smallest absolute Gasteiger partial charge is 0.310 e. The third-order valence-corrected chi connectivity index (χ3v) is 6.04. The summed E-state index contributed by atoms with van der Waals surface area (Å²) in [4.78, 5) is 24.6. The molecule has 1 N–H and O–H groups in total. The van der Waals surface area contributed by atoms with Crippen LogP contribution >= 0.6 is 11.3 Å². The number of ketones is 1. The molecule has 2 aromatic carbocycles. The second kappa shape index (κ2) is 9.70. The molecule has 3 aromatic rings. The molecule has 1 aromatic heterocycles. The van der Waals surface area contributed by atoms with Crippen molar-refractivity contribution in [1.82, 2.24) is 0 Å². The fourth-order valence-corrected chi connectivity index (χ4v) is 4.14. The first-order valence-corrected chi connectivity index (χ1v) is 10.9. The largest absolute Gasteiger partial charge is 0.494 e. The Labute approximate surface area is 175 Å². The van der Waals surface area contributed by atoms with Crippen LogP contribution in [0.5, 0.6) is 5.75 Å². The molecule has 0 saturated carbocycles. The molecule has 0 aliphatic heterocycles. The van der Waals surface area contributed by atoms with Gasteiger partial charge in [-0.15, -0.1) is 11.3 Å². The van der Waals surface area contributed by atoms with Crippen LogP contribution in [-0.4, -0.2) is 23.5 Å². The number of aliphatic carboxylic acids is 1. The standard InChI is InChI=1S/C24H26O4S/c1-3-4-5-6-12-28-20-9-7-17(8-10-20)22(25)21-15-19(16(2)24(26)27)14-18-11-13-29-23(18)21/h7-11,13-16H,3-6,12H2,1-2H3,(H,26,27). The van der Waals surface area contributed by atoms with Gasteiger partial charge in [-0.1, -0.05) is 26.2 Å². The summed E-state index contributed by atoms with van der Waals surface area (Å²) >= 11 is 1.49. The van der Waals surface area contributed by atoms with Crippen LogP contribution in [0.2, 0.25) is 0 Å². The van der Waals surface area contributed by atoms with Crippen molar-refractivity contribution in [3.05, 3.63) is 64.5 Å². The number of carbonyl (C=O) groups is 2. The van der Waals surface area contributed by atoms with Gasteiger partial charge >= 0.3 is 5.97 Å². The number of ether oxygens (including phenoxy) is 1. The SMILES string of the molecule is CCCCCCOc1ccc(C(=O)c2cc(C(C)C(=O)O)cc3ccsc23)cc1. The number of hydrogen-bond donors (Lipinski definition) is 1. The summed E-state index contributed by atoms with van der Waals surface area (Å²) in [6, 6.07) is 12.7. The van der Waals surface area contributed by atoms with Gasteiger partial charge in [0, 0.05) is 15.8 Å². The molecule has 0 aliphatic carbocycles. The molecule has 152 valence electrons. The Balaban J connectivity index is 1.80. The van der Waals surface area contributed by atoms with Crippen molar-refractivity contribution >= 4 is 33.2 Å². The van der Waals surface area contributed by atoms with E-state index in [1.54, 1.807) is 25.1 Å². The molecular weight excluding hydrogens is 384 g/mol. The molecule has 1 heterocycles. The lowest BCUT2D eigenvalue weighted by molar-refractivity contribution is -0.138. The summed E-state index contributed by atoms with van der Waals surface area (Å²) in [5.41, 5.74) is 1.76. The average molecular weight is 411 g/mol. The Hall–Kier alpha value is -2.66. The summed E-state index contributed by atoms with van der Waals surface area (Å²) in [6.45, 7) is 4.49. The van der Waals surface area contributed by atoms with Crippen LogP contribution in [0, 0.1) is 0 Å². The number of thiophene rings is 1. The predicted octanol–water partition coefficient (Wildman–Crippen LogP) is 6.28. The first kappa shape index (κ1) is 21.1. The number of carboxylic acids is 1. The lowest BCUT2D eigenvalue weighted by Gasteiger charge is -2.11. The van der Waals surface area contributed by atoms with Crippen molar-refractivity contribution in [1.29, 1.82) is 0 Å². The number of unbranched alkanes of at least 4 members (excludes halogenated alkanes) is 3. The zero-order valence-electron chi connectivity index (χ0n) is 16.8. The van der Waals surface area contributed by atoms with E-state index >= 15 is 0 Å². The first-order valence-electron chi connectivity index (χ1n) is 10.0. The quantitative estimate of drug-likeness (QED) is 0.316. The van der Waals surface area contributed by atoms with Crippen LogP contribution in [0.1, 0.15) is 66.9 Å². The number of hydrogen-bond acceptors (Lipinski definition) is 4. The monoisotopic (exact) mass is 410 g/mol. The van der Waals surface area contributed by atoms with E-state index in [1.807, 2.05) is 29.6 Å². The van der Waals surface area contributed by atoms with Crippen LogP contribution < -0.4 is 4.74 Å². The number of fused-ring (bicyclic) bond motifs is 1. The molecule has 0 spiro atoms. The van der Waals surface area contributed by atoms with Crippen LogP contribution in [0.25, 0.3) is 10.1 Å². The third kappa shape index (κ3) is 5.04. The maximum atomic E-state index is 13.2. The van der Waals surface area contributed by atoms with Crippen LogP contribution in [0.4, 0.5) is 0 Å². The molecule has 3 rings (SSSR count). The lowest BCUT2D eigenvalue weighted by atomic mass is 9.94. The molecule has 4 nitrogen and oxygen atoms in total. The Morgan fingerprint density at radius 2 is 1.83 bits per heavy atom. The van der Waals surface area contributed by atoms with E-state index in [0.717, 1.165) is 28.7 Å². The summed E-state index contributed by atoms with van der Waals surface area (Å²) in [5.74, 6) is -0.924. The van der Waals surface area contributed by atoms with Gasteiger partial charge in [0.2, 0.25) is 0 Å². The minimum atomic E-state index is -0.904. The zero-order valence-corrected chi connectivity index (χ0v) is 17.6. The molecule has 1 unspecified atom stereocenters. The van der Waals surface area contributed by atoms with Crippen molar-refractivity contribution in [3.8, 4) is 5.75 Å². The highest BCUT2D eigenvalue weighted by Gasteiger charge is 2.20. The van der Waals surface area contributed by atoms with Gasteiger partial charge in [0.25, 0.3) is 0 Å². The summed E-state index contributed by atoms with van der Waals surface area (Å²) in [6.07, 6.45) is 4.60. The van der Waals surface area contributed by atoms with Crippen LogP contribution in [-0.2, 0) is 4.79 Å². The van der Waals surface area contributed by atoms with E-state index in [0.29, 0.717) is 23.3 Å². The van der Waals surface area contributed by atoms with Gasteiger partial charge in [-0.25, -0.2) is 0 Å². The molecule has 0 aliphatic rings. The molecule has 0 bridgehead atoms. The maximum Gasteiger partial charge on any atom is 0.310 e. The van der Waals surface area contributed by atoms with Crippen molar-refractivity contribution in [2.24, 2.45) is 0 Å². The molecule has 1 atom stereocenters. The van der Waals surface area contributed by atoms with Crippen molar-refractivity contribution in [3.63, 3.8) is 0 Å². The molecule has 29 heavy (non-hydrogen) atoms. The van der Waals surface area contributed by atoms with Gasteiger partial charge in [0.05, 0.1) is 12.5 Å². The third-order valence-electron chi connectivity index (χ3n) is 5.07. The molecule has 0 saturated heterocycles. The minimum absolute atomic E-state index is 0.105. The lowest BCUT2D eigenvalue weighted by Crippen LogP contribution is -2.09. The van der Waals surface area contributed by atoms with E-state index in [4.69, 9.17) is 4.74 Å². The van der Waals surface area contributed by atoms with Gasteiger partial charge in [-0.3, -0.25) is 9.59 Å². The molecule has 5 heteroatoms. The fourth-order valence-electron chi connectivity index (χ4n) is 3.24. The van der Waals surface area contributed by atoms with E-state index in [2.05, 4.69) is 6.92 Å². The Bertz CT molecular complexity index is 988. The van der Waals surface area contributed by atoms with Gasteiger partial charge in [0.15, 0.2) is 5.78 Å². The highest BCUT2D eigenvalue weighted by molar-refractivity contribution is 7.17. The second-order valence-corrected chi connectivity index (χ2v) is 8.15. The number of carboxylic acid groups (broad SMARTS) is 1. The van der Waals surface area contributed by atoms with Gasteiger partial charge in [-0.2, -0.15) is 0 Å². The predicted molar refractivity (Wildman–Crippen MR) is 117 cm³/mol. The Morgan fingerprint density at radius 1 is 1.07 bits per heavy atom. The number of rotatable bonds is 10. The van der Waals surface area contributed by atoms with Crippen LogP contribution in [0.3, 0.4) is 0 Å². The van der Waals surface area contributed by atoms with Gasteiger partial charge in [0.1, 0.15) is 5.75 Å². The summed E-state index contributed by atoms with van der Waals surface area (Å²) in [5, 5.41) is 12.2. The van der Waals surface area contributed by atoms with Gasteiger partial charge in [-0.05, 0) is 72.1 Å². The maximum absolute atomic E-state index is 13.2. The molecular formula is C24H26O4S. The second-order valence-electron chi connectivity index (χ2n) is 7.23. The Kier molecular flexibility index (Phi) is 7.04. The number of carbonyl (C=O) groups excluding carboxylic acids is 1. The van der Waals surface area contributed by atoms with Gasteiger partial charge < -0.3 is 9.84 Å². The van der Waals surface area contributed by atoms with Crippen LogP contribution in [0.15, 0.2) is 47.8 Å². The Morgan fingerprint density at radius 3 is 2.52 bits per heavy atom. The highest BCUT2D eigenvalue weighted by Crippen LogP contribution is 2.31. The summed E-state index contributed by atoms with van der Waals surface area (Å²) < 4.78 is 6.64. The van der Waals surface area contributed by atoms with Crippen molar-refractivity contribution < 1.29 is 19.4 Å². The minimum Gasteiger partial charge on any atom is -0.494 e. The molecule has 0 radical (unpaired) electrons. The first-order chi connectivity index (χ1) is 14.0. The fraction of sp³-hybridized carbons (Fsp3) is 0.333. The molecule has 0 fully saturated rings. The highest BCUT2D eigenvalue weighted by atomic mass is 32.1. The van der Waals surface area contributed by atoms with E-state index in [-0.39, 0.29) is 5.78 Å². The molecule has 0 amide bonds.